The van der Waals surface area contributed by atoms with E-state index in [4.69, 9.17) is 9.47 Å². The van der Waals surface area contributed by atoms with Gasteiger partial charge in [-0.05, 0) is 69.7 Å². The minimum Gasteiger partial charge on any atom is -0.466 e. The van der Waals surface area contributed by atoms with Gasteiger partial charge in [0, 0.05) is 65.0 Å². The summed E-state index contributed by atoms with van der Waals surface area (Å²) < 4.78 is 50.8. The quantitative estimate of drug-likeness (QED) is 0.315. The lowest BCUT2D eigenvalue weighted by Crippen LogP contribution is -2.49. The molecule has 3 saturated heterocycles. The summed E-state index contributed by atoms with van der Waals surface area (Å²) in [4.78, 5) is 54.8. The number of hydrogen-bond donors (Lipinski definition) is 0. The predicted molar refractivity (Wildman–Crippen MR) is 160 cm³/mol. The van der Waals surface area contributed by atoms with Gasteiger partial charge in [0.05, 0.1) is 17.4 Å². The molecule has 1 spiro atoms. The molecular weight excluding hydrogens is 595 g/mol. The van der Waals surface area contributed by atoms with Gasteiger partial charge in [-0.1, -0.05) is 13.8 Å². The first-order valence-corrected chi connectivity index (χ1v) is 15.7. The lowest BCUT2D eigenvalue weighted by molar-refractivity contribution is -0.274. The topological polar surface area (TPSA) is 106 Å². The van der Waals surface area contributed by atoms with Crippen LogP contribution in [-0.2, 0) is 28.7 Å². The number of methoxy groups -OCH3 is 1. The van der Waals surface area contributed by atoms with E-state index >= 15 is 0 Å². The van der Waals surface area contributed by atoms with Crippen molar-refractivity contribution in [3.05, 3.63) is 24.3 Å². The number of anilines is 1. The first kappa shape index (κ1) is 36.1. The van der Waals surface area contributed by atoms with Crippen LogP contribution in [0.4, 0.5) is 18.9 Å². The molecule has 0 N–H and O–H groups in total. The van der Waals surface area contributed by atoms with Crippen molar-refractivity contribution in [1.82, 2.24) is 9.80 Å². The number of rotatable bonds is 11. The summed E-state index contributed by atoms with van der Waals surface area (Å²) in [5.41, 5.74) is -0.847. The Morgan fingerprint density at radius 1 is 0.867 bits per heavy atom. The minimum absolute atomic E-state index is 0.00206. The van der Waals surface area contributed by atoms with Crippen molar-refractivity contribution in [3.63, 3.8) is 0 Å². The average Bonchev–Trinajstić information content (AvgIpc) is 3.29. The van der Waals surface area contributed by atoms with Crippen molar-refractivity contribution in [2.75, 3.05) is 57.9 Å². The fraction of sp³-hybridized carbons (Fsp3) is 0.688. The number of esters is 1. The van der Waals surface area contributed by atoms with E-state index in [-0.39, 0.29) is 42.3 Å². The third-order valence-electron chi connectivity index (χ3n) is 8.78. The predicted octanol–water partition coefficient (Wildman–Crippen LogP) is 4.95. The highest BCUT2D eigenvalue weighted by Crippen LogP contribution is 2.44. The molecule has 3 aliphatic heterocycles. The summed E-state index contributed by atoms with van der Waals surface area (Å²) in [5.74, 6) is -0.645. The van der Waals surface area contributed by atoms with Gasteiger partial charge in [-0.15, -0.1) is 13.2 Å². The molecule has 3 aliphatic rings. The molecule has 0 saturated carbocycles. The molecular formula is C32H46F3N3O7. The van der Waals surface area contributed by atoms with Crippen LogP contribution in [0.15, 0.2) is 24.3 Å². The molecule has 252 valence electrons. The van der Waals surface area contributed by atoms with Gasteiger partial charge in [0.25, 0.3) is 0 Å². The van der Waals surface area contributed by atoms with Gasteiger partial charge >= 0.3 is 12.3 Å². The van der Waals surface area contributed by atoms with Crippen molar-refractivity contribution < 1.29 is 46.6 Å². The second-order valence-corrected chi connectivity index (χ2v) is 11.9. The number of likely N-dealkylation sites (tertiary alicyclic amines) is 2. The molecule has 2 unspecified atom stereocenters. The highest BCUT2D eigenvalue weighted by Gasteiger charge is 2.51. The number of nitrogens with zero attached hydrogens (tertiary/aromatic N) is 3. The van der Waals surface area contributed by atoms with Gasteiger partial charge in [0.2, 0.25) is 17.7 Å². The van der Waals surface area contributed by atoms with E-state index in [9.17, 15) is 32.3 Å². The molecule has 13 heteroatoms. The Morgan fingerprint density at radius 2 is 1.44 bits per heavy atom. The lowest BCUT2D eigenvalue weighted by atomic mass is 9.75. The Bertz CT molecular complexity index is 1180. The smallest absolute Gasteiger partial charge is 0.466 e. The second-order valence-electron chi connectivity index (χ2n) is 11.9. The van der Waals surface area contributed by atoms with Crippen molar-refractivity contribution >= 4 is 29.4 Å². The lowest BCUT2D eigenvalue weighted by Gasteiger charge is -2.39. The average molecular weight is 642 g/mol. The molecule has 3 heterocycles. The molecule has 3 amide bonds. The third-order valence-corrected chi connectivity index (χ3v) is 8.78. The van der Waals surface area contributed by atoms with Crippen LogP contribution in [0.5, 0.6) is 5.75 Å². The Hall–Kier alpha value is -3.35. The SMILES string of the molecule is CCCN1CCC(CCOC)(C(=O)OCC)CC1=O.CCCN1CCC2(CCN(c3ccc(OC(F)(F)F)cc3)C2=O)CC1=O. The van der Waals surface area contributed by atoms with Gasteiger partial charge in [-0.2, -0.15) is 0 Å². The normalized spacial score (nSPS) is 23.7. The second kappa shape index (κ2) is 15.8. The number of carbonyl (C=O) groups excluding carboxylic acids is 4. The summed E-state index contributed by atoms with van der Waals surface area (Å²) in [5, 5.41) is 0. The summed E-state index contributed by atoms with van der Waals surface area (Å²) >= 11 is 0. The maximum Gasteiger partial charge on any atom is 0.573 e. The minimum atomic E-state index is -4.75. The van der Waals surface area contributed by atoms with Gasteiger partial charge in [-0.3, -0.25) is 19.2 Å². The van der Waals surface area contributed by atoms with E-state index in [2.05, 4.69) is 4.74 Å². The van der Waals surface area contributed by atoms with Gasteiger partial charge in [0.1, 0.15) is 5.75 Å². The number of ether oxygens (including phenoxy) is 3. The van der Waals surface area contributed by atoms with Crippen LogP contribution in [-0.4, -0.2) is 92.9 Å². The zero-order chi connectivity index (χ0) is 33.3. The van der Waals surface area contributed by atoms with Crippen LogP contribution < -0.4 is 9.64 Å². The molecule has 0 radical (unpaired) electrons. The van der Waals surface area contributed by atoms with E-state index < -0.39 is 17.2 Å². The fourth-order valence-corrected chi connectivity index (χ4v) is 6.30. The van der Waals surface area contributed by atoms with Crippen molar-refractivity contribution in [3.8, 4) is 5.75 Å². The molecule has 4 rings (SSSR count). The van der Waals surface area contributed by atoms with Crippen LogP contribution in [0, 0.1) is 10.8 Å². The Labute approximate surface area is 263 Å². The molecule has 0 bridgehead atoms. The number of benzene rings is 1. The molecule has 2 atom stereocenters. The molecule has 0 aliphatic carbocycles. The van der Waals surface area contributed by atoms with Crippen molar-refractivity contribution in [1.29, 1.82) is 0 Å². The zero-order valence-corrected chi connectivity index (χ0v) is 26.7. The first-order chi connectivity index (χ1) is 21.3. The van der Waals surface area contributed by atoms with Crippen molar-refractivity contribution in [2.24, 2.45) is 10.8 Å². The van der Waals surface area contributed by atoms with Gasteiger partial charge in [-0.25, -0.2) is 0 Å². The molecule has 1 aromatic carbocycles. The van der Waals surface area contributed by atoms with E-state index in [1.54, 1.807) is 23.8 Å². The molecule has 1 aromatic rings. The molecule has 0 aromatic heterocycles. The standard InChI is InChI=1S/C18H21F3N2O3.C14H25NO4/c1-2-9-22-10-7-17(12-15(22)24)8-11-23(16(17)25)13-3-5-14(6-4-13)26-18(19,20)21;1-4-8-15-9-6-14(7-10-18-3,11-12(15)16)13(17)19-5-2/h3-6H,2,7-12H2,1H3;4-11H2,1-3H3. The summed E-state index contributed by atoms with van der Waals surface area (Å²) in [6.07, 6.45) is -0.0489. The highest BCUT2D eigenvalue weighted by molar-refractivity contribution is 6.02. The van der Waals surface area contributed by atoms with E-state index in [0.29, 0.717) is 70.8 Å². The number of hydrogen-bond acceptors (Lipinski definition) is 7. The number of halogens is 3. The van der Waals surface area contributed by atoms with Crippen LogP contribution in [0.1, 0.15) is 72.1 Å². The molecule has 10 nitrogen and oxygen atoms in total. The van der Waals surface area contributed by atoms with Gasteiger partial charge in [0.15, 0.2) is 0 Å². The summed E-state index contributed by atoms with van der Waals surface area (Å²) in [6, 6.07) is 5.25. The van der Waals surface area contributed by atoms with Gasteiger partial charge < -0.3 is 28.9 Å². The van der Waals surface area contributed by atoms with E-state index in [1.807, 2.05) is 18.7 Å². The monoisotopic (exact) mass is 641 g/mol. The van der Waals surface area contributed by atoms with Crippen LogP contribution in [0.2, 0.25) is 0 Å². The third kappa shape index (κ3) is 9.11. The summed E-state index contributed by atoms with van der Waals surface area (Å²) in [6.45, 7) is 9.79. The van der Waals surface area contributed by atoms with Crippen molar-refractivity contribution in [2.45, 2.75) is 78.5 Å². The van der Waals surface area contributed by atoms with E-state index in [1.165, 1.54) is 24.3 Å². The highest BCUT2D eigenvalue weighted by atomic mass is 19.4. The molecule has 45 heavy (non-hydrogen) atoms. The first-order valence-electron chi connectivity index (χ1n) is 15.7. The maximum absolute atomic E-state index is 13.0. The van der Waals surface area contributed by atoms with Crippen LogP contribution in [0.25, 0.3) is 0 Å². The molecule has 3 fully saturated rings. The van der Waals surface area contributed by atoms with Crippen LogP contribution in [0.3, 0.4) is 0 Å². The number of carbonyl (C=O) groups is 4. The van der Waals surface area contributed by atoms with Crippen LogP contribution >= 0.6 is 0 Å². The number of piperidine rings is 2. The largest absolute Gasteiger partial charge is 0.573 e. The Balaban J connectivity index is 0.000000259. The fourth-order valence-electron chi connectivity index (χ4n) is 6.30. The van der Waals surface area contributed by atoms with E-state index in [0.717, 1.165) is 19.4 Å². The number of alkyl halides is 3. The Morgan fingerprint density at radius 3 is 1.96 bits per heavy atom. The Kier molecular flexibility index (Phi) is 12.7. The zero-order valence-electron chi connectivity index (χ0n) is 26.7. The number of amides is 3. The summed E-state index contributed by atoms with van der Waals surface area (Å²) in [7, 11) is 1.60. The maximum atomic E-state index is 13.0.